The lowest BCUT2D eigenvalue weighted by molar-refractivity contribution is -0.153. The smallest absolute Gasteiger partial charge is 0.233 e. The first kappa shape index (κ1) is 16.5. The van der Waals surface area contributed by atoms with E-state index in [2.05, 4.69) is 12.1 Å². The zero-order chi connectivity index (χ0) is 16.5. The molecule has 2 fully saturated rings. The van der Waals surface area contributed by atoms with Gasteiger partial charge in [0.05, 0.1) is 17.1 Å². The Balaban J connectivity index is 1.87. The Morgan fingerprint density at radius 3 is 2.39 bits per heavy atom. The average Bonchev–Trinajstić information content (AvgIpc) is 2.58. The Kier molecular flexibility index (Phi) is 4.47. The number of benzene rings is 1. The maximum atomic E-state index is 13.4. The minimum Gasteiger partial charge on any atom is -0.388 e. The molecule has 1 aliphatic heterocycles. The van der Waals surface area contributed by atoms with E-state index in [0.29, 0.717) is 13.0 Å². The zero-order valence-electron chi connectivity index (χ0n) is 13.9. The fraction of sp³-hybridized carbons (Fsp3) is 0.632. The molecule has 2 aliphatic rings. The van der Waals surface area contributed by atoms with Crippen molar-refractivity contribution in [2.24, 2.45) is 0 Å². The van der Waals surface area contributed by atoms with Crippen LogP contribution < -0.4 is 0 Å². The van der Waals surface area contributed by atoms with Crippen LogP contribution in [0.1, 0.15) is 51.0 Å². The van der Waals surface area contributed by atoms with Crippen LogP contribution in [-0.2, 0) is 10.2 Å². The van der Waals surface area contributed by atoms with Gasteiger partial charge >= 0.3 is 0 Å². The number of carbonyl (C=O) groups is 1. The lowest BCUT2D eigenvalue weighted by atomic mass is 9.68. The summed E-state index contributed by atoms with van der Waals surface area (Å²) in [6.07, 6.45) is 4.60. The molecule has 1 heterocycles. The van der Waals surface area contributed by atoms with Crippen LogP contribution in [0, 0.1) is 0 Å². The molecule has 0 bridgehead atoms. The highest BCUT2D eigenvalue weighted by Crippen LogP contribution is 2.41. The molecule has 23 heavy (non-hydrogen) atoms. The summed E-state index contributed by atoms with van der Waals surface area (Å²) in [5.41, 5.74) is -0.456. The fourth-order valence-corrected chi connectivity index (χ4v) is 4.05. The van der Waals surface area contributed by atoms with Crippen molar-refractivity contribution >= 4 is 5.91 Å². The van der Waals surface area contributed by atoms with Crippen LogP contribution in [0.2, 0.25) is 0 Å². The number of carbonyl (C=O) groups excluding carboxylic acids is 1. The monoisotopic (exact) mass is 317 g/mol. The molecule has 1 aromatic carbocycles. The van der Waals surface area contributed by atoms with Crippen LogP contribution in [-0.4, -0.2) is 45.8 Å². The molecule has 1 saturated heterocycles. The van der Waals surface area contributed by atoms with Crippen LogP contribution in [0.4, 0.5) is 0 Å². The zero-order valence-corrected chi connectivity index (χ0v) is 13.9. The van der Waals surface area contributed by atoms with E-state index in [-0.39, 0.29) is 12.5 Å². The first-order chi connectivity index (χ1) is 11.0. The number of hydrogen-bond donors (Lipinski definition) is 2. The summed E-state index contributed by atoms with van der Waals surface area (Å²) >= 11 is 0. The second-order valence-electron chi connectivity index (χ2n) is 7.38. The molecule has 1 aromatic rings. The molecule has 4 nitrogen and oxygen atoms in total. The highest BCUT2D eigenvalue weighted by atomic mass is 16.3. The Morgan fingerprint density at radius 1 is 1.13 bits per heavy atom. The topological polar surface area (TPSA) is 60.8 Å². The van der Waals surface area contributed by atoms with Crippen molar-refractivity contribution in [3.05, 3.63) is 35.9 Å². The summed E-state index contributed by atoms with van der Waals surface area (Å²) < 4.78 is 0. The van der Waals surface area contributed by atoms with Crippen LogP contribution >= 0.6 is 0 Å². The molecule has 3 rings (SSSR count). The van der Waals surface area contributed by atoms with E-state index in [4.69, 9.17) is 0 Å². The minimum absolute atomic E-state index is 0.123. The van der Waals surface area contributed by atoms with Crippen LogP contribution in [0.3, 0.4) is 0 Å². The summed E-state index contributed by atoms with van der Waals surface area (Å²) in [6.45, 7) is 2.38. The number of amides is 1. The SMILES string of the molecule is C[C@]1(O)CCN(C(=O)C2(c3ccccc3)CCCCC2)C[C@@H]1O. The second kappa shape index (κ2) is 6.25. The van der Waals surface area contributed by atoms with Crippen molar-refractivity contribution < 1.29 is 15.0 Å². The minimum atomic E-state index is -1.09. The van der Waals surface area contributed by atoms with Crippen molar-refractivity contribution in [1.82, 2.24) is 4.90 Å². The van der Waals surface area contributed by atoms with Gasteiger partial charge in [-0.05, 0) is 31.7 Å². The average molecular weight is 317 g/mol. The Labute approximate surface area is 138 Å². The van der Waals surface area contributed by atoms with Crippen molar-refractivity contribution in [2.45, 2.75) is 62.6 Å². The first-order valence-corrected chi connectivity index (χ1v) is 8.71. The molecule has 0 unspecified atom stereocenters. The summed E-state index contributed by atoms with van der Waals surface area (Å²) in [7, 11) is 0. The number of aliphatic hydroxyl groups is 2. The fourth-order valence-electron chi connectivity index (χ4n) is 4.05. The van der Waals surface area contributed by atoms with Crippen LogP contribution in [0.25, 0.3) is 0 Å². The Hall–Kier alpha value is -1.39. The molecular formula is C19H27NO3. The van der Waals surface area contributed by atoms with E-state index in [1.165, 1.54) is 6.42 Å². The third-order valence-corrected chi connectivity index (χ3v) is 5.73. The van der Waals surface area contributed by atoms with Crippen LogP contribution in [0.15, 0.2) is 30.3 Å². The van der Waals surface area contributed by atoms with E-state index in [0.717, 1.165) is 31.2 Å². The molecule has 1 aliphatic carbocycles. The van der Waals surface area contributed by atoms with Gasteiger partial charge in [0.2, 0.25) is 5.91 Å². The number of β-amino-alcohol motifs (C(OH)–C–C–N with tert-alkyl or cyclic N) is 1. The second-order valence-corrected chi connectivity index (χ2v) is 7.38. The third kappa shape index (κ3) is 3.02. The normalized spacial score (nSPS) is 30.9. The third-order valence-electron chi connectivity index (χ3n) is 5.73. The molecular weight excluding hydrogens is 290 g/mol. The number of hydrogen-bond acceptors (Lipinski definition) is 3. The van der Waals surface area contributed by atoms with Gasteiger partial charge in [0.1, 0.15) is 0 Å². The van der Waals surface area contributed by atoms with Gasteiger partial charge in [-0.3, -0.25) is 4.79 Å². The van der Waals surface area contributed by atoms with Gasteiger partial charge in [0.25, 0.3) is 0 Å². The van der Waals surface area contributed by atoms with Gasteiger partial charge in [0, 0.05) is 13.1 Å². The number of piperidine rings is 1. The summed E-state index contributed by atoms with van der Waals surface area (Å²) in [6, 6.07) is 10.1. The first-order valence-electron chi connectivity index (χ1n) is 8.71. The lowest BCUT2D eigenvalue weighted by Gasteiger charge is -2.45. The van der Waals surface area contributed by atoms with Gasteiger partial charge in [-0.25, -0.2) is 0 Å². The molecule has 0 aromatic heterocycles. The van der Waals surface area contributed by atoms with Gasteiger partial charge in [-0.15, -0.1) is 0 Å². The Morgan fingerprint density at radius 2 is 1.78 bits per heavy atom. The van der Waals surface area contributed by atoms with E-state index in [1.807, 2.05) is 18.2 Å². The highest BCUT2D eigenvalue weighted by Gasteiger charge is 2.46. The molecule has 0 spiro atoms. The standard InChI is InChI=1S/C19H27NO3/c1-18(23)12-13-20(14-16(18)21)17(22)19(10-6-3-7-11-19)15-8-4-2-5-9-15/h2,4-5,8-9,16,21,23H,3,6-7,10-14H2,1H3/t16-,18-/m0/s1. The van der Waals surface area contributed by atoms with Crippen molar-refractivity contribution in [3.8, 4) is 0 Å². The Bertz CT molecular complexity index is 549. The molecule has 2 N–H and O–H groups in total. The predicted octanol–water partition coefficient (Wildman–Crippen LogP) is 2.23. The molecule has 1 amide bonds. The van der Waals surface area contributed by atoms with E-state index < -0.39 is 17.1 Å². The molecule has 0 radical (unpaired) electrons. The van der Waals surface area contributed by atoms with Gasteiger partial charge in [-0.1, -0.05) is 49.6 Å². The molecule has 1 saturated carbocycles. The highest BCUT2D eigenvalue weighted by molar-refractivity contribution is 5.88. The predicted molar refractivity (Wildman–Crippen MR) is 89.0 cm³/mol. The van der Waals surface area contributed by atoms with Crippen molar-refractivity contribution in [3.63, 3.8) is 0 Å². The van der Waals surface area contributed by atoms with E-state index in [9.17, 15) is 15.0 Å². The van der Waals surface area contributed by atoms with E-state index in [1.54, 1.807) is 11.8 Å². The number of likely N-dealkylation sites (tertiary alicyclic amines) is 1. The molecule has 2 atom stereocenters. The quantitative estimate of drug-likeness (QED) is 0.879. The van der Waals surface area contributed by atoms with Gasteiger partial charge < -0.3 is 15.1 Å². The van der Waals surface area contributed by atoms with E-state index >= 15 is 0 Å². The number of nitrogens with zero attached hydrogens (tertiary/aromatic N) is 1. The number of rotatable bonds is 2. The summed E-state index contributed by atoms with van der Waals surface area (Å²) in [5, 5.41) is 20.3. The largest absolute Gasteiger partial charge is 0.388 e. The maximum absolute atomic E-state index is 13.4. The van der Waals surface area contributed by atoms with Crippen molar-refractivity contribution in [1.29, 1.82) is 0 Å². The molecule has 4 heteroatoms. The maximum Gasteiger partial charge on any atom is 0.233 e. The summed E-state index contributed by atoms with van der Waals surface area (Å²) in [5.74, 6) is 0.123. The van der Waals surface area contributed by atoms with Gasteiger partial charge in [-0.2, -0.15) is 0 Å². The molecule has 126 valence electrons. The van der Waals surface area contributed by atoms with Crippen molar-refractivity contribution in [2.75, 3.05) is 13.1 Å². The van der Waals surface area contributed by atoms with Crippen LogP contribution in [0.5, 0.6) is 0 Å². The lowest BCUT2D eigenvalue weighted by Crippen LogP contribution is -2.59. The van der Waals surface area contributed by atoms with Gasteiger partial charge in [0.15, 0.2) is 0 Å². The number of aliphatic hydroxyl groups excluding tert-OH is 1. The summed E-state index contributed by atoms with van der Waals surface area (Å²) in [4.78, 5) is 15.1.